The lowest BCUT2D eigenvalue weighted by atomic mass is 9.99. The smallest absolute Gasteiger partial charge is 0.308 e. The molecule has 1 rings (SSSR count). The van der Waals surface area contributed by atoms with Gasteiger partial charge < -0.3 is 10.5 Å². The van der Waals surface area contributed by atoms with E-state index >= 15 is 0 Å². The number of hydrogen-bond donors (Lipinski definition) is 1. The Morgan fingerprint density at radius 2 is 2.08 bits per heavy atom. The Morgan fingerprint density at radius 1 is 1.54 bits per heavy atom. The van der Waals surface area contributed by atoms with E-state index in [-0.39, 0.29) is 13.0 Å². The topological polar surface area (TPSA) is 86.5 Å². The van der Waals surface area contributed by atoms with E-state index in [1.54, 1.807) is 6.92 Å². The number of nitrogens with two attached hydrogens (primary N) is 1. The Kier molecular flexibility index (Phi) is 2.72. The first-order valence-corrected chi connectivity index (χ1v) is 4.53. The summed E-state index contributed by atoms with van der Waals surface area (Å²) in [6, 6.07) is 0. The van der Waals surface area contributed by atoms with Crippen LogP contribution in [0.15, 0.2) is 0 Å². The van der Waals surface area contributed by atoms with Gasteiger partial charge >= 0.3 is 5.97 Å². The molecule has 0 spiro atoms. The monoisotopic (exact) mass is 203 g/mol. The second-order valence-electron chi connectivity index (χ2n) is 2.63. The van der Waals surface area contributed by atoms with Crippen LogP contribution in [0.2, 0.25) is 0 Å². The molecule has 1 saturated heterocycles. The van der Waals surface area contributed by atoms with Crippen LogP contribution in [0.25, 0.3) is 0 Å². The molecule has 1 fully saturated rings. The zero-order valence-electron chi connectivity index (χ0n) is 7.03. The summed E-state index contributed by atoms with van der Waals surface area (Å²) >= 11 is 0.540. The molecule has 1 aliphatic heterocycles. The van der Waals surface area contributed by atoms with E-state index in [0.29, 0.717) is 11.8 Å². The van der Waals surface area contributed by atoms with Gasteiger partial charge in [-0.2, -0.15) is 0 Å². The van der Waals surface area contributed by atoms with Crippen molar-refractivity contribution in [3.05, 3.63) is 0 Å². The van der Waals surface area contributed by atoms with Crippen molar-refractivity contribution in [3.8, 4) is 0 Å². The summed E-state index contributed by atoms with van der Waals surface area (Å²) in [5, 5.41) is -0.934. The molecule has 0 unspecified atom stereocenters. The molecule has 0 saturated carbocycles. The molecule has 0 amide bonds. The summed E-state index contributed by atoms with van der Waals surface area (Å²) in [6.07, 6.45) is -0.356. The van der Waals surface area contributed by atoms with Gasteiger partial charge in [0.2, 0.25) is 10.2 Å². The largest absolute Gasteiger partial charge is 0.466 e. The number of carbonyl (C=O) groups excluding carboxylic acids is 3. The summed E-state index contributed by atoms with van der Waals surface area (Å²) in [5.74, 6) is -0.619. The number of esters is 1. The summed E-state index contributed by atoms with van der Waals surface area (Å²) < 4.78 is 4.58. The van der Waals surface area contributed by atoms with E-state index in [2.05, 4.69) is 4.74 Å². The van der Waals surface area contributed by atoms with Gasteiger partial charge in [-0.25, -0.2) is 0 Å². The number of carbonyl (C=O) groups is 3. The van der Waals surface area contributed by atoms with Crippen molar-refractivity contribution in [3.63, 3.8) is 0 Å². The highest BCUT2D eigenvalue weighted by Crippen LogP contribution is 2.34. The van der Waals surface area contributed by atoms with Gasteiger partial charge in [-0.05, 0) is 18.7 Å². The predicted molar refractivity (Wildman–Crippen MR) is 45.8 cm³/mol. The Labute approximate surface area is 79.0 Å². The number of thioether (sulfide) groups is 1. The summed E-state index contributed by atoms with van der Waals surface area (Å²) in [7, 11) is 0. The fraction of sp³-hybridized carbons (Fsp3) is 0.571. The van der Waals surface area contributed by atoms with Crippen LogP contribution in [0.4, 0.5) is 0 Å². The van der Waals surface area contributed by atoms with Gasteiger partial charge in [0.25, 0.3) is 0 Å². The molecule has 0 atom stereocenters. The summed E-state index contributed by atoms with van der Waals surface area (Å²) in [5.41, 5.74) is 3.77. The van der Waals surface area contributed by atoms with Crippen molar-refractivity contribution in [2.45, 2.75) is 18.9 Å². The second kappa shape index (κ2) is 3.47. The standard InChI is InChI=1S/C7H9NO4S/c1-2-12-4(9)3-7(8)5(10)13-6(7)11/h2-3,8H2,1H3. The van der Waals surface area contributed by atoms with Gasteiger partial charge in [0.05, 0.1) is 13.0 Å². The van der Waals surface area contributed by atoms with Gasteiger partial charge in [-0.1, -0.05) is 0 Å². The highest BCUT2D eigenvalue weighted by molar-refractivity contribution is 8.30. The maximum Gasteiger partial charge on any atom is 0.308 e. The molecule has 2 N–H and O–H groups in total. The first-order chi connectivity index (χ1) is 6.00. The number of rotatable bonds is 3. The molecule has 72 valence electrons. The Bertz CT molecular complexity index is 262. The lowest BCUT2D eigenvalue weighted by Crippen LogP contribution is -2.61. The van der Waals surface area contributed by atoms with Gasteiger partial charge in [0, 0.05) is 0 Å². The molecule has 0 aromatic rings. The normalized spacial score (nSPS) is 19.5. The van der Waals surface area contributed by atoms with Crippen molar-refractivity contribution in [1.82, 2.24) is 0 Å². The van der Waals surface area contributed by atoms with Crippen molar-refractivity contribution >= 4 is 28.0 Å². The molecule has 0 radical (unpaired) electrons. The highest BCUT2D eigenvalue weighted by atomic mass is 32.2. The van der Waals surface area contributed by atoms with E-state index in [4.69, 9.17) is 5.73 Å². The van der Waals surface area contributed by atoms with Gasteiger partial charge in [-0.15, -0.1) is 0 Å². The van der Waals surface area contributed by atoms with Crippen LogP contribution in [-0.2, 0) is 19.1 Å². The molecule has 6 heteroatoms. The van der Waals surface area contributed by atoms with Crippen molar-refractivity contribution in [2.75, 3.05) is 6.61 Å². The lowest BCUT2D eigenvalue weighted by Gasteiger charge is -2.31. The SMILES string of the molecule is CCOC(=O)CC1(N)C(=O)SC1=O. The lowest BCUT2D eigenvalue weighted by molar-refractivity contribution is -0.148. The molecule has 1 aliphatic rings. The van der Waals surface area contributed by atoms with E-state index in [1.807, 2.05) is 0 Å². The molecular weight excluding hydrogens is 194 g/mol. The predicted octanol–water partition coefficient (Wildman–Crippen LogP) is -0.563. The maximum atomic E-state index is 10.9. The fourth-order valence-electron chi connectivity index (χ4n) is 0.887. The Balaban J connectivity index is 2.57. The van der Waals surface area contributed by atoms with E-state index in [1.165, 1.54) is 0 Å². The zero-order chi connectivity index (χ0) is 10.1. The molecule has 0 bridgehead atoms. The van der Waals surface area contributed by atoms with Gasteiger partial charge in [0.1, 0.15) is 0 Å². The Morgan fingerprint density at radius 3 is 2.46 bits per heavy atom. The highest BCUT2D eigenvalue weighted by Gasteiger charge is 2.54. The molecule has 1 heterocycles. The molecule has 0 aliphatic carbocycles. The molecule has 13 heavy (non-hydrogen) atoms. The van der Waals surface area contributed by atoms with Crippen molar-refractivity contribution in [2.24, 2.45) is 5.73 Å². The zero-order valence-corrected chi connectivity index (χ0v) is 7.85. The summed E-state index contributed by atoms with van der Waals surface area (Å²) in [4.78, 5) is 32.8. The summed E-state index contributed by atoms with van der Waals surface area (Å²) in [6.45, 7) is 1.85. The van der Waals surface area contributed by atoms with Crippen LogP contribution in [0, 0.1) is 0 Å². The molecular formula is C7H9NO4S. The minimum absolute atomic E-state index is 0.213. The number of ether oxygens (including phenoxy) is 1. The van der Waals surface area contributed by atoms with Gasteiger partial charge in [0.15, 0.2) is 5.54 Å². The van der Waals surface area contributed by atoms with E-state index < -0.39 is 21.7 Å². The van der Waals surface area contributed by atoms with Gasteiger partial charge in [-0.3, -0.25) is 14.4 Å². The first-order valence-electron chi connectivity index (χ1n) is 3.72. The van der Waals surface area contributed by atoms with Crippen LogP contribution in [0.3, 0.4) is 0 Å². The van der Waals surface area contributed by atoms with Crippen LogP contribution in [0.5, 0.6) is 0 Å². The van der Waals surface area contributed by atoms with E-state index in [0.717, 1.165) is 0 Å². The third-order valence-electron chi connectivity index (χ3n) is 1.64. The van der Waals surface area contributed by atoms with Crippen molar-refractivity contribution < 1.29 is 19.1 Å². The first kappa shape index (κ1) is 10.2. The minimum atomic E-state index is -1.63. The molecule has 0 aromatic carbocycles. The third-order valence-corrected chi connectivity index (χ3v) is 2.74. The quantitative estimate of drug-likeness (QED) is 0.488. The van der Waals surface area contributed by atoms with E-state index in [9.17, 15) is 14.4 Å². The second-order valence-corrected chi connectivity index (χ2v) is 3.58. The number of hydrogen-bond acceptors (Lipinski definition) is 6. The van der Waals surface area contributed by atoms with Crippen LogP contribution in [0.1, 0.15) is 13.3 Å². The Hall–Kier alpha value is -0.880. The maximum absolute atomic E-state index is 10.9. The van der Waals surface area contributed by atoms with Crippen LogP contribution >= 0.6 is 11.8 Å². The third kappa shape index (κ3) is 1.73. The van der Waals surface area contributed by atoms with Crippen molar-refractivity contribution in [1.29, 1.82) is 0 Å². The molecule has 5 nitrogen and oxygen atoms in total. The average molecular weight is 203 g/mol. The van der Waals surface area contributed by atoms with Crippen LogP contribution < -0.4 is 5.73 Å². The molecule has 0 aromatic heterocycles. The van der Waals surface area contributed by atoms with Crippen LogP contribution in [-0.4, -0.2) is 28.3 Å². The average Bonchev–Trinajstić information content (AvgIpc) is 2.05. The minimum Gasteiger partial charge on any atom is -0.466 e. The fourth-order valence-corrected chi connectivity index (χ4v) is 1.60.